The quantitative estimate of drug-likeness (QED) is 0.156. The standard InChI is InChI=1S/2C9H17NO5/c1-2-9(10,5-11)6-15-8(14)4-3-7(12)13;1-2-9(5-11,6-12)10-7(13)3-4-8(14)15/h11H,2-6,10H2,1H3,(H,12,13);11-12H,2-6H2,1H3,(H,10,13)(H,14,15). The van der Waals surface area contributed by atoms with Gasteiger partial charge in [-0.2, -0.15) is 0 Å². The van der Waals surface area contributed by atoms with Crippen LogP contribution in [0, 0.1) is 0 Å². The van der Waals surface area contributed by atoms with Gasteiger partial charge < -0.3 is 41.3 Å². The van der Waals surface area contributed by atoms with Crippen molar-refractivity contribution in [3.05, 3.63) is 0 Å². The summed E-state index contributed by atoms with van der Waals surface area (Å²) < 4.78 is 4.75. The third-order valence-corrected chi connectivity index (χ3v) is 4.34. The van der Waals surface area contributed by atoms with E-state index in [1.807, 2.05) is 0 Å². The Morgan fingerprint density at radius 3 is 1.70 bits per heavy atom. The molecule has 0 aliphatic rings. The number of carbonyl (C=O) groups is 4. The Balaban J connectivity index is 0. The maximum atomic E-state index is 11.2. The maximum Gasteiger partial charge on any atom is 0.306 e. The monoisotopic (exact) mass is 438 g/mol. The molecular formula is C18H34N2O10. The first-order valence-electron chi connectivity index (χ1n) is 9.44. The first kappa shape index (κ1) is 29.9. The molecule has 0 aliphatic heterocycles. The molecule has 0 saturated carbocycles. The molecule has 0 heterocycles. The number of rotatable bonds is 14. The normalized spacial score (nSPS) is 12.7. The maximum absolute atomic E-state index is 11.2. The molecule has 0 rings (SSSR count). The summed E-state index contributed by atoms with van der Waals surface area (Å²) in [6.07, 6.45) is -0.0176. The van der Waals surface area contributed by atoms with Gasteiger partial charge in [-0.25, -0.2) is 0 Å². The highest BCUT2D eigenvalue weighted by atomic mass is 16.5. The summed E-state index contributed by atoms with van der Waals surface area (Å²) in [5.74, 6) is -3.21. The fraction of sp³-hybridized carbons (Fsp3) is 0.778. The average molecular weight is 438 g/mol. The van der Waals surface area contributed by atoms with Gasteiger partial charge in [0.05, 0.1) is 50.2 Å². The largest absolute Gasteiger partial charge is 0.481 e. The Morgan fingerprint density at radius 2 is 1.33 bits per heavy atom. The summed E-state index contributed by atoms with van der Waals surface area (Å²) in [5.41, 5.74) is 3.68. The number of carboxylic acid groups (broad SMARTS) is 2. The van der Waals surface area contributed by atoms with Gasteiger partial charge in [0.2, 0.25) is 5.91 Å². The number of aliphatic hydroxyl groups is 3. The smallest absolute Gasteiger partial charge is 0.306 e. The lowest BCUT2D eigenvalue weighted by atomic mass is 9.98. The molecule has 30 heavy (non-hydrogen) atoms. The number of aliphatic hydroxyl groups excluding tert-OH is 3. The van der Waals surface area contributed by atoms with E-state index in [4.69, 9.17) is 36.0 Å². The van der Waals surface area contributed by atoms with Crippen molar-refractivity contribution in [3.63, 3.8) is 0 Å². The predicted molar refractivity (Wildman–Crippen MR) is 104 cm³/mol. The van der Waals surface area contributed by atoms with Crippen LogP contribution in [-0.4, -0.2) is 86.9 Å². The van der Waals surface area contributed by atoms with Crippen molar-refractivity contribution in [3.8, 4) is 0 Å². The van der Waals surface area contributed by atoms with Crippen LogP contribution in [0.4, 0.5) is 0 Å². The van der Waals surface area contributed by atoms with Crippen molar-refractivity contribution >= 4 is 23.8 Å². The molecule has 176 valence electrons. The van der Waals surface area contributed by atoms with Crippen molar-refractivity contribution < 1.29 is 49.4 Å². The van der Waals surface area contributed by atoms with Crippen molar-refractivity contribution in [2.24, 2.45) is 5.73 Å². The van der Waals surface area contributed by atoms with Crippen LogP contribution in [0.2, 0.25) is 0 Å². The molecule has 12 heteroatoms. The van der Waals surface area contributed by atoms with Gasteiger partial charge in [0.25, 0.3) is 0 Å². The number of carbonyl (C=O) groups excluding carboxylic acids is 2. The van der Waals surface area contributed by atoms with E-state index in [-0.39, 0.29) is 52.1 Å². The highest BCUT2D eigenvalue weighted by Crippen LogP contribution is 2.09. The zero-order valence-corrected chi connectivity index (χ0v) is 17.4. The van der Waals surface area contributed by atoms with E-state index in [9.17, 15) is 19.2 Å². The van der Waals surface area contributed by atoms with Gasteiger partial charge in [-0.3, -0.25) is 19.2 Å². The summed E-state index contributed by atoms with van der Waals surface area (Å²) >= 11 is 0. The number of hydrogen-bond acceptors (Lipinski definition) is 9. The molecular weight excluding hydrogens is 404 g/mol. The first-order valence-corrected chi connectivity index (χ1v) is 9.44. The van der Waals surface area contributed by atoms with Crippen molar-refractivity contribution in [2.75, 3.05) is 26.4 Å². The summed E-state index contributed by atoms with van der Waals surface area (Å²) in [7, 11) is 0. The molecule has 0 saturated heterocycles. The highest BCUT2D eigenvalue weighted by molar-refractivity contribution is 5.81. The molecule has 0 aromatic carbocycles. The molecule has 1 atom stereocenters. The molecule has 1 unspecified atom stereocenters. The lowest BCUT2D eigenvalue weighted by molar-refractivity contribution is -0.149. The van der Waals surface area contributed by atoms with Gasteiger partial charge in [-0.05, 0) is 12.8 Å². The molecule has 8 N–H and O–H groups in total. The van der Waals surface area contributed by atoms with E-state index in [0.29, 0.717) is 12.8 Å². The van der Waals surface area contributed by atoms with E-state index in [1.54, 1.807) is 13.8 Å². The second-order valence-corrected chi connectivity index (χ2v) is 6.82. The summed E-state index contributed by atoms with van der Waals surface area (Å²) in [6.45, 7) is 2.34. The second kappa shape index (κ2) is 15.5. The number of nitrogens with two attached hydrogens (primary N) is 1. The Kier molecular flexibility index (Phi) is 15.5. The van der Waals surface area contributed by atoms with Crippen LogP contribution < -0.4 is 11.1 Å². The highest BCUT2D eigenvalue weighted by Gasteiger charge is 2.28. The summed E-state index contributed by atoms with van der Waals surface area (Å²) in [4.78, 5) is 42.6. The number of esters is 1. The minimum absolute atomic E-state index is 0.0988. The number of amides is 1. The predicted octanol–water partition coefficient (Wildman–Crippen LogP) is -1.40. The molecule has 0 aliphatic carbocycles. The number of aliphatic carboxylic acids is 2. The van der Waals surface area contributed by atoms with E-state index in [2.05, 4.69) is 5.32 Å². The van der Waals surface area contributed by atoms with Crippen LogP contribution in [0.5, 0.6) is 0 Å². The molecule has 0 aromatic heterocycles. The summed E-state index contributed by atoms with van der Waals surface area (Å²) in [6, 6.07) is 0. The van der Waals surface area contributed by atoms with Crippen molar-refractivity contribution in [1.82, 2.24) is 5.32 Å². The van der Waals surface area contributed by atoms with Gasteiger partial charge in [0.15, 0.2) is 0 Å². The van der Waals surface area contributed by atoms with Crippen molar-refractivity contribution in [2.45, 2.75) is 63.5 Å². The third kappa shape index (κ3) is 13.8. The Morgan fingerprint density at radius 1 is 0.833 bits per heavy atom. The van der Waals surface area contributed by atoms with E-state index < -0.39 is 34.9 Å². The van der Waals surface area contributed by atoms with Crippen LogP contribution in [0.25, 0.3) is 0 Å². The first-order chi connectivity index (χ1) is 13.9. The van der Waals surface area contributed by atoms with Crippen LogP contribution >= 0.6 is 0 Å². The molecule has 0 bridgehead atoms. The summed E-state index contributed by atoms with van der Waals surface area (Å²) in [5, 5.41) is 46.0. The SMILES string of the molecule is CCC(CO)(CO)NC(=O)CCC(=O)O.CCC(N)(CO)COC(=O)CCC(=O)O. The van der Waals surface area contributed by atoms with Crippen LogP contribution in [-0.2, 0) is 23.9 Å². The molecule has 0 spiro atoms. The minimum atomic E-state index is -1.06. The van der Waals surface area contributed by atoms with Gasteiger partial charge in [-0.1, -0.05) is 13.8 Å². The number of ether oxygens (including phenoxy) is 1. The second-order valence-electron chi connectivity index (χ2n) is 6.82. The molecule has 0 aromatic rings. The minimum Gasteiger partial charge on any atom is -0.481 e. The Hall–Kier alpha value is -2.28. The number of carboxylic acids is 2. The van der Waals surface area contributed by atoms with E-state index >= 15 is 0 Å². The van der Waals surface area contributed by atoms with Gasteiger partial charge in [0, 0.05) is 6.42 Å². The van der Waals surface area contributed by atoms with Crippen LogP contribution in [0.15, 0.2) is 0 Å². The Labute approximate surface area is 175 Å². The fourth-order valence-corrected chi connectivity index (χ4v) is 1.78. The zero-order chi connectivity index (χ0) is 23.8. The average Bonchev–Trinajstić information content (AvgIpc) is 2.73. The molecule has 0 radical (unpaired) electrons. The topological polar surface area (TPSA) is 217 Å². The molecule has 0 fully saturated rings. The van der Waals surface area contributed by atoms with Gasteiger partial charge in [0.1, 0.15) is 6.61 Å². The lowest BCUT2D eigenvalue weighted by Crippen LogP contribution is -2.53. The number of nitrogens with one attached hydrogen (secondary N) is 1. The lowest BCUT2D eigenvalue weighted by Gasteiger charge is -2.29. The van der Waals surface area contributed by atoms with Crippen LogP contribution in [0.1, 0.15) is 52.4 Å². The van der Waals surface area contributed by atoms with Crippen molar-refractivity contribution in [1.29, 1.82) is 0 Å². The third-order valence-electron chi connectivity index (χ3n) is 4.34. The molecule has 12 nitrogen and oxygen atoms in total. The van der Waals surface area contributed by atoms with Gasteiger partial charge in [-0.15, -0.1) is 0 Å². The van der Waals surface area contributed by atoms with Gasteiger partial charge >= 0.3 is 17.9 Å². The zero-order valence-electron chi connectivity index (χ0n) is 17.4. The fourth-order valence-electron chi connectivity index (χ4n) is 1.78. The van der Waals surface area contributed by atoms with Crippen LogP contribution in [0.3, 0.4) is 0 Å². The Bertz CT molecular complexity index is 537. The number of hydrogen-bond donors (Lipinski definition) is 7. The molecule has 1 amide bonds. The van der Waals surface area contributed by atoms with E-state index in [1.165, 1.54) is 0 Å². The van der Waals surface area contributed by atoms with E-state index in [0.717, 1.165) is 0 Å².